The summed E-state index contributed by atoms with van der Waals surface area (Å²) in [5, 5.41) is 8.32. The van der Waals surface area contributed by atoms with Gasteiger partial charge in [-0.1, -0.05) is 12.2 Å². The fourth-order valence-corrected chi connectivity index (χ4v) is 3.99. The van der Waals surface area contributed by atoms with Crippen LogP contribution in [0.25, 0.3) is 6.08 Å². The van der Waals surface area contributed by atoms with Crippen molar-refractivity contribution in [3.63, 3.8) is 0 Å². The SMILES string of the molecule is CNC(=O)C1C=CC(=C2C=CNCC2)C(F)N1Cc1cnc2c(c1F)NC(=C=O)C(C)=C2. The lowest BCUT2D eigenvalue weighted by atomic mass is 9.95. The molecule has 2 atom stereocenters. The quantitative estimate of drug-likeness (QED) is 0.495. The van der Waals surface area contributed by atoms with E-state index in [1.54, 1.807) is 43.4 Å². The molecule has 7 nitrogen and oxygen atoms in total. The highest BCUT2D eigenvalue weighted by Crippen LogP contribution is 2.34. The topological polar surface area (TPSA) is 86.4 Å². The summed E-state index contributed by atoms with van der Waals surface area (Å²) >= 11 is 0. The molecule has 0 radical (unpaired) electrons. The van der Waals surface area contributed by atoms with Crippen LogP contribution in [0.4, 0.5) is 14.5 Å². The Morgan fingerprint density at radius 2 is 2.22 bits per heavy atom. The fourth-order valence-electron chi connectivity index (χ4n) is 3.99. The third kappa shape index (κ3) is 3.88. The van der Waals surface area contributed by atoms with E-state index >= 15 is 8.78 Å². The zero-order valence-electron chi connectivity index (χ0n) is 17.7. The Bertz CT molecular complexity index is 1130. The standard InChI is InChI=1S/C23H23F2N5O2/c1-13-9-17-21(29-18(13)12-31)20(24)15(10-28-17)11-30-19(23(32)26-2)4-3-16(22(30)25)14-5-7-27-8-6-14/h3-5,7,9-10,19,22,27,29H,6,8,11H2,1-2H3,(H,26,32). The van der Waals surface area contributed by atoms with Crippen molar-refractivity contribution < 1.29 is 18.4 Å². The van der Waals surface area contributed by atoms with E-state index in [9.17, 15) is 9.59 Å². The molecule has 1 aromatic rings. The molecular weight excluding hydrogens is 416 g/mol. The van der Waals surface area contributed by atoms with Gasteiger partial charge in [-0.3, -0.25) is 14.7 Å². The van der Waals surface area contributed by atoms with E-state index in [2.05, 4.69) is 20.9 Å². The van der Waals surface area contributed by atoms with Gasteiger partial charge in [0.05, 0.1) is 5.69 Å². The smallest absolute Gasteiger partial charge is 0.241 e. The first kappa shape index (κ1) is 21.7. The molecule has 0 saturated heterocycles. The number of nitrogens with zero attached hydrogens (tertiary/aromatic N) is 2. The number of hydrogen-bond acceptors (Lipinski definition) is 6. The van der Waals surface area contributed by atoms with Gasteiger partial charge in [0.25, 0.3) is 0 Å². The maximum Gasteiger partial charge on any atom is 0.241 e. The van der Waals surface area contributed by atoms with E-state index in [0.29, 0.717) is 29.8 Å². The number of hydrogen-bond donors (Lipinski definition) is 3. The number of aromatic nitrogens is 1. The van der Waals surface area contributed by atoms with Crippen LogP contribution in [0.15, 0.2) is 53.0 Å². The van der Waals surface area contributed by atoms with E-state index in [1.165, 1.54) is 18.1 Å². The van der Waals surface area contributed by atoms with Gasteiger partial charge in [0.1, 0.15) is 17.4 Å². The first-order chi connectivity index (χ1) is 15.4. The van der Waals surface area contributed by atoms with Gasteiger partial charge in [-0.25, -0.2) is 13.6 Å². The molecule has 4 heterocycles. The van der Waals surface area contributed by atoms with Crippen molar-refractivity contribution in [2.45, 2.75) is 32.2 Å². The molecule has 0 fully saturated rings. The van der Waals surface area contributed by atoms with E-state index in [4.69, 9.17) is 0 Å². The Labute approximate surface area is 184 Å². The zero-order chi connectivity index (χ0) is 22.8. The lowest BCUT2D eigenvalue weighted by molar-refractivity contribution is -0.126. The highest BCUT2D eigenvalue weighted by molar-refractivity contribution is 5.84. The third-order valence-corrected chi connectivity index (χ3v) is 5.76. The number of allylic oxidation sites excluding steroid dienone is 2. The van der Waals surface area contributed by atoms with Crippen molar-refractivity contribution in [2.75, 3.05) is 18.9 Å². The second-order valence-corrected chi connectivity index (χ2v) is 7.73. The number of rotatable bonds is 3. The number of pyridine rings is 1. The number of carbonyl (C=O) groups excluding carboxylic acids is 2. The monoisotopic (exact) mass is 439 g/mol. The number of likely N-dealkylation sites (N-methyl/N-ethyl adjacent to an activating group) is 1. The Hall–Kier alpha value is -3.55. The zero-order valence-corrected chi connectivity index (χ0v) is 17.7. The molecule has 9 heteroatoms. The summed E-state index contributed by atoms with van der Waals surface area (Å²) in [6.07, 6.45) is 8.75. The van der Waals surface area contributed by atoms with Gasteiger partial charge in [-0.05, 0) is 42.8 Å². The van der Waals surface area contributed by atoms with Crippen molar-refractivity contribution in [1.82, 2.24) is 20.5 Å². The highest BCUT2D eigenvalue weighted by atomic mass is 19.1. The summed E-state index contributed by atoms with van der Waals surface area (Å²) in [4.78, 5) is 29.1. The van der Waals surface area contributed by atoms with Gasteiger partial charge in [-0.15, -0.1) is 0 Å². The van der Waals surface area contributed by atoms with Crippen LogP contribution in [0.5, 0.6) is 0 Å². The molecule has 3 aliphatic rings. The Balaban J connectivity index is 1.72. The van der Waals surface area contributed by atoms with E-state index in [1.807, 2.05) is 0 Å². The molecule has 3 N–H and O–H groups in total. The number of nitrogens with one attached hydrogen (secondary N) is 3. The molecule has 1 amide bonds. The molecule has 1 aromatic heterocycles. The number of amides is 1. The van der Waals surface area contributed by atoms with Crippen molar-refractivity contribution in [3.05, 3.63) is 70.1 Å². The van der Waals surface area contributed by atoms with Crippen LogP contribution in [0.3, 0.4) is 0 Å². The molecule has 0 saturated carbocycles. The molecule has 2 unspecified atom stereocenters. The minimum atomic E-state index is -1.61. The maximum absolute atomic E-state index is 15.7. The van der Waals surface area contributed by atoms with E-state index in [0.717, 1.165) is 5.57 Å². The summed E-state index contributed by atoms with van der Waals surface area (Å²) in [6.45, 7) is 2.18. The number of alkyl halides is 1. The molecule has 0 aliphatic carbocycles. The summed E-state index contributed by atoms with van der Waals surface area (Å²) in [7, 11) is 1.47. The van der Waals surface area contributed by atoms with Crippen molar-refractivity contribution >= 4 is 23.6 Å². The average Bonchev–Trinajstić information content (AvgIpc) is 2.81. The lowest BCUT2D eigenvalue weighted by Crippen LogP contribution is -2.50. The van der Waals surface area contributed by atoms with Gasteiger partial charge < -0.3 is 16.0 Å². The summed E-state index contributed by atoms with van der Waals surface area (Å²) < 4.78 is 31.1. The number of halogens is 2. The Morgan fingerprint density at radius 3 is 2.91 bits per heavy atom. The van der Waals surface area contributed by atoms with Gasteiger partial charge in [-0.2, -0.15) is 0 Å². The fraction of sp³-hybridized carbons (Fsp3) is 0.304. The molecule has 0 bridgehead atoms. The van der Waals surface area contributed by atoms with Crippen molar-refractivity contribution in [2.24, 2.45) is 0 Å². The molecule has 0 aromatic carbocycles. The Morgan fingerprint density at radius 1 is 1.41 bits per heavy atom. The summed E-state index contributed by atoms with van der Waals surface area (Å²) in [5.41, 5.74) is 2.44. The second-order valence-electron chi connectivity index (χ2n) is 7.73. The molecule has 32 heavy (non-hydrogen) atoms. The predicted octanol–water partition coefficient (Wildman–Crippen LogP) is 2.35. The van der Waals surface area contributed by atoms with Gasteiger partial charge in [0.15, 0.2) is 18.1 Å². The maximum atomic E-state index is 15.7. The van der Waals surface area contributed by atoms with Crippen LogP contribution in [0, 0.1) is 5.82 Å². The van der Waals surface area contributed by atoms with Gasteiger partial charge in [0, 0.05) is 37.5 Å². The summed E-state index contributed by atoms with van der Waals surface area (Å²) in [5.74, 6) is 0.691. The van der Waals surface area contributed by atoms with E-state index in [-0.39, 0.29) is 23.5 Å². The minimum absolute atomic E-state index is 0.0331. The second kappa shape index (κ2) is 8.90. The van der Waals surface area contributed by atoms with Crippen LogP contribution in [0.2, 0.25) is 0 Å². The first-order valence-corrected chi connectivity index (χ1v) is 10.2. The number of carbonyl (C=O) groups is 1. The molecule has 3 aliphatic heterocycles. The van der Waals surface area contributed by atoms with Crippen LogP contribution < -0.4 is 16.0 Å². The molecule has 4 rings (SSSR count). The first-order valence-electron chi connectivity index (χ1n) is 10.2. The van der Waals surface area contributed by atoms with Crippen molar-refractivity contribution in [1.29, 1.82) is 0 Å². The average molecular weight is 439 g/mol. The van der Waals surface area contributed by atoms with Gasteiger partial charge >= 0.3 is 0 Å². The molecule has 0 spiro atoms. The highest BCUT2D eigenvalue weighted by Gasteiger charge is 2.36. The molecule has 166 valence electrons. The molecular formula is C23H23F2N5O2. The number of anilines is 1. The van der Waals surface area contributed by atoms with Crippen LogP contribution in [-0.2, 0) is 16.1 Å². The summed E-state index contributed by atoms with van der Waals surface area (Å²) in [6, 6.07) is -0.916. The van der Waals surface area contributed by atoms with Gasteiger partial charge in [0.2, 0.25) is 5.91 Å². The third-order valence-electron chi connectivity index (χ3n) is 5.76. The predicted molar refractivity (Wildman–Crippen MR) is 117 cm³/mol. The largest absolute Gasteiger partial charge is 0.391 e. The van der Waals surface area contributed by atoms with Crippen LogP contribution in [0.1, 0.15) is 24.6 Å². The Kier molecular flexibility index (Phi) is 6.03. The minimum Gasteiger partial charge on any atom is -0.391 e. The number of fused-ring (bicyclic) bond motifs is 1. The van der Waals surface area contributed by atoms with E-state index < -0.39 is 24.1 Å². The van der Waals surface area contributed by atoms with Crippen molar-refractivity contribution in [3.8, 4) is 0 Å². The van der Waals surface area contributed by atoms with Crippen LogP contribution >= 0.6 is 0 Å². The lowest BCUT2D eigenvalue weighted by Gasteiger charge is -2.36. The normalized spacial score (nSPS) is 24.8. The van der Waals surface area contributed by atoms with Crippen LogP contribution in [-0.4, -0.2) is 47.7 Å².